The SMILES string of the molecule is Cc1cc(C)c(S(=O)(=O)N(CCc2ccccc2)CC(=O)Nc2ccc(CC(=O)N3CCCC3)cc2)c(C)c1. The number of amides is 2. The molecule has 0 saturated carbocycles. The summed E-state index contributed by atoms with van der Waals surface area (Å²) in [5, 5.41) is 2.83. The fourth-order valence-corrected chi connectivity index (χ4v) is 7.01. The molecule has 1 heterocycles. The average molecular weight is 548 g/mol. The highest BCUT2D eigenvalue weighted by Gasteiger charge is 2.29. The Morgan fingerprint density at radius 2 is 1.49 bits per heavy atom. The van der Waals surface area contributed by atoms with Crippen LogP contribution in [-0.4, -0.2) is 55.6 Å². The average Bonchev–Trinajstić information content (AvgIpc) is 3.43. The molecule has 4 rings (SSSR count). The molecule has 206 valence electrons. The van der Waals surface area contributed by atoms with Crippen molar-refractivity contribution in [2.45, 2.75) is 51.3 Å². The van der Waals surface area contributed by atoms with E-state index in [-0.39, 0.29) is 23.9 Å². The van der Waals surface area contributed by atoms with Crippen molar-refractivity contribution in [3.05, 3.63) is 94.5 Å². The lowest BCUT2D eigenvalue weighted by molar-refractivity contribution is -0.129. The molecule has 1 fully saturated rings. The molecule has 7 nitrogen and oxygen atoms in total. The van der Waals surface area contributed by atoms with Crippen LogP contribution in [0.1, 0.15) is 40.7 Å². The number of nitrogens with zero attached hydrogens (tertiary/aromatic N) is 2. The Bertz CT molecular complexity index is 1390. The smallest absolute Gasteiger partial charge is 0.244 e. The molecule has 0 aromatic heterocycles. The van der Waals surface area contributed by atoms with E-state index in [1.165, 1.54) is 4.31 Å². The second kappa shape index (κ2) is 12.6. The highest BCUT2D eigenvalue weighted by Crippen LogP contribution is 2.26. The number of hydrogen-bond donors (Lipinski definition) is 1. The third-order valence-corrected chi connectivity index (χ3v) is 9.22. The van der Waals surface area contributed by atoms with E-state index >= 15 is 0 Å². The van der Waals surface area contributed by atoms with E-state index in [1.54, 1.807) is 26.0 Å². The van der Waals surface area contributed by atoms with E-state index in [0.29, 0.717) is 29.7 Å². The third kappa shape index (κ3) is 7.34. The second-order valence-electron chi connectivity index (χ2n) is 10.3. The van der Waals surface area contributed by atoms with Crippen molar-refractivity contribution in [2.24, 2.45) is 0 Å². The summed E-state index contributed by atoms with van der Waals surface area (Å²) in [7, 11) is -3.93. The molecule has 2 amide bonds. The summed E-state index contributed by atoms with van der Waals surface area (Å²) < 4.78 is 29.0. The molecule has 0 atom stereocenters. The van der Waals surface area contributed by atoms with Gasteiger partial charge >= 0.3 is 0 Å². The van der Waals surface area contributed by atoms with Gasteiger partial charge in [-0.1, -0.05) is 60.2 Å². The molecule has 8 heteroatoms. The number of hydrogen-bond acceptors (Lipinski definition) is 4. The highest BCUT2D eigenvalue weighted by molar-refractivity contribution is 7.89. The molecule has 0 spiro atoms. The minimum absolute atomic E-state index is 0.116. The minimum atomic E-state index is -3.93. The van der Waals surface area contributed by atoms with Crippen LogP contribution >= 0.6 is 0 Å². The Hall–Kier alpha value is -3.49. The number of carbonyl (C=O) groups is 2. The molecule has 1 N–H and O–H groups in total. The van der Waals surface area contributed by atoms with Crippen LogP contribution in [0.25, 0.3) is 0 Å². The largest absolute Gasteiger partial charge is 0.342 e. The normalized spacial score (nSPS) is 13.6. The maximum Gasteiger partial charge on any atom is 0.244 e. The summed E-state index contributed by atoms with van der Waals surface area (Å²) in [5.41, 5.74) is 4.74. The molecule has 39 heavy (non-hydrogen) atoms. The standard InChI is InChI=1S/C31H37N3O4S/c1-23-19-24(2)31(25(3)20-23)39(37,38)34(18-15-26-9-5-4-6-10-26)22-29(35)32-28-13-11-27(12-14-28)21-30(36)33-16-7-8-17-33/h4-6,9-14,19-20H,7-8,15-18,21-22H2,1-3H3,(H,32,35). The quantitative estimate of drug-likeness (QED) is 0.400. The molecule has 1 saturated heterocycles. The van der Waals surface area contributed by atoms with E-state index in [4.69, 9.17) is 0 Å². The number of likely N-dealkylation sites (tertiary alicyclic amines) is 1. The van der Waals surface area contributed by atoms with E-state index < -0.39 is 15.9 Å². The van der Waals surface area contributed by atoms with Crippen molar-refractivity contribution >= 4 is 27.5 Å². The van der Waals surface area contributed by atoms with Gasteiger partial charge in [0.15, 0.2) is 0 Å². The topological polar surface area (TPSA) is 86.8 Å². The predicted octanol–water partition coefficient (Wildman–Crippen LogP) is 4.65. The molecule has 1 aliphatic rings. The second-order valence-corrected chi connectivity index (χ2v) is 12.2. The van der Waals surface area contributed by atoms with Crippen molar-refractivity contribution in [1.29, 1.82) is 0 Å². The lowest BCUT2D eigenvalue weighted by atomic mass is 10.1. The fraction of sp³-hybridized carbons (Fsp3) is 0.355. The summed E-state index contributed by atoms with van der Waals surface area (Å²) in [6, 6.07) is 20.5. The first-order chi connectivity index (χ1) is 18.6. The van der Waals surface area contributed by atoms with Gasteiger partial charge in [-0.3, -0.25) is 9.59 Å². The van der Waals surface area contributed by atoms with Gasteiger partial charge in [0, 0.05) is 25.3 Å². The molecular formula is C31H37N3O4S. The van der Waals surface area contributed by atoms with Gasteiger partial charge in [0.25, 0.3) is 0 Å². The third-order valence-electron chi connectivity index (χ3n) is 7.07. The Kier molecular flexibility index (Phi) is 9.20. The van der Waals surface area contributed by atoms with Crippen LogP contribution < -0.4 is 5.32 Å². The molecule has 3 aromatic rings. The van der Waals surface area contributed by atoms with E-state index in [0.717, 1.165) is 42.6 Å². The van der Waals surface area contributed by atoms with Gasteiger partial charge in [-0.2, -0.15) is 4.31 Å². The Morgan fingerprint density at radius 1 is 0.872 bits per heavy atom. The molecule has 0 bridgehead atoms. The summed E-state index contributed by atoms with van der Waals surface area (Å²) in [5.74, 6) is -0.305. The molecular weight excluding hydrogens is 510 g/mol. The van der Waals surface area contributed by atoms with Crippen molar-refractivity contribution in [2.75, 3.05) is 31.5 Å². The first-order valence-corrected chi connectivity index (χ1v) is 14.9. The summed E-state index contributed by atoms with van der Waals surface area (Å²) >= 11 is 0. The van der Waals surface area contributed by atoms with Crippen molar-refractivity contribution in [1.82, 2.24) is 9.21 Å². The van der Waals surface area contributed by atoms with Crippen LogP contribution in [0.4, 0.5) is 5.69 Å². The van der Waals surface area contributed by atoms with Crippen LogP contribution in [0.3, 0.4) is 0 Å². The Labute approximate surface area is 231 Å². The predicted molar refractivity (Wildman–Crippen MR) is 154 cm³/mol. The zero-order valence-electron chi connectivity index (χ0n) is 22.9. The van der Waals surface area contributed by atoms with Gasteiger partial charge < -0.3 is 10.2 Å². The minimum Gasteiger partial charge on any atom is -0.342 e. The van der Waals surface area contributed by atoms with Crippen molar-refractivity contribution < 1.29 is 18.0 Å². The van der Waals surface area contributed by atoms with Gasteiger partial charge in [0.05, 0.1) is 17.9 Å². The molecule has 1 aliphatic heterocycles. The molecule has 0 aliphatic carbocycles. The van der Waals surface area contributed by atoms with Gasteiger partial charge in [0.2, 0.25) is 21.8 Å². The maximum atomic E-state index is 13.9. The number of aryl methyl sites for hydroxylation is 3. The molecule has 3 aromatic carbocycles. The number of anilines is 1. The van der Waals surface area contributed by atoms with Crippen LogP contribution in [-0.2, 0) is 32.5 Å². The van der Waals surface area contributed by atoms with Gasteiger partial charge in [-0.25, -0.2) is 8.42 Å². The van der Waals surface area contributed by atoms with Gasteiger partial charge in [-0.05, 0) is 74.4 Å². The summed E-state index contributed by atoms with van der Waals surface area (Å²) in [4.78, 5) is 27.7. The van der Waals surface area contributed by atoms with Gasteiger partial charge in [-0.15, -0.1) is 0 Å². The van der Waals surface area contributed by atoms with E-state index in [2.05, 4.69) is 5.32 Å². The van der Waals surface area contributed by atoms with Crippen LogP contribution in [0.15, 0.2) is 71.6 Å². The van der Waals surface area contributed by atoms with Crippen molar-refractivity contribution in [3.8, 4) is 0 Å². The number of carbonyl (C=O) groups excluding carboxylic acids is 2. The zero-order valence-corrected chi connectivity index (χ0v) is 23.8. The van der Waals surface area contributed by atoms with Crippen LogP contribution in [0.2, 0.25) is 0 Å². The summed E-state index contributed by atoms with van der Waals surface area (Å²) in [6.07, 6.45) is 2.92. The number of sulfonamides is 1. The van der Waals surface area contributed by atoms with Crippen LogP contribution in [0, 0.1) is 20.8 Å². The number of rotatable bonds is 10. The summed E-state index contributed by atoms with van der Waals surface area (Å²) in [6.45, 7) is 7.01. The lowest BCUT2D eigenvalue weighted by Crippen LogP contribution is -2.39. The number of benzene rings is 3. The first kappa shape index (κ1) is 28.5. The maximum absolute atomic E-state index is 13.9. The number of nitrogens with one attached hydrogen (secondary N) is 1. The lowest BCUT2D eigenvalue weighted by Gasteiger charge is -2.24. The van der Waals surface area contributed by atoms with E-state index in [1.807, 2.05) is 66.4 Å². The Morgan fingerprint density at radius 3 is 2.10 bits per heavy atom. The van der Waals surface area contributed by atoms with Crippen LogP contribution in [0.5, 0.6) is 0 Å². The fourth-order valence-electron chi connectivity index (χ4n) is 5.21. The highest BCUT2D eigenvalue weighted by atomic mass is 32.2. The molecule has 0 unspecified atom stereocenters. The van der Waals surface area contributed by atoms with Gasteiger partial charge in [0.1, 0.15) is 0 Å². The molecule has 0 radical (unpaired) electrons. The van der Waals surface area contributed by atoms with E-state index in [9.17, 15) is 18.0 Å². The Balaban J connectivity index is 1.48. The first-order valence-electron chi connectivity index (χ1n) is 13.4. The zero-order chi connectivity index (χ0) is 28.0. The monoisotopic (exact) mass is 547 g/mol. The van der Waals surface area contributed by atoms with Crippen molar-refractivity contribution in [3.63, 3.8) is 0 Å².